The lowest BCUT2D eigenvalue weighted by Gasteiger charge is -2.29. The van der Waals surface area contributed by atoms with E-state index in [1.165, 1.54) is 11.0 Å². The molecular weight excluding hydrogens is 235 g/mol. The molecule has 1 aliphatic heterocycles. The van der Waals surface area contributed by atoms with Crippen LogP contribution in [-0.4, -0.2) is 51.2 Å². The van der Waals surface area contributed by atoms with Crippen LogP contribution in [0.15, 0.2) is 18.2 Å². The van der Waals surface area contributed by atoms with Gasteiger partial charge in [-0.2, -0.15) is 0 Å². The van der Waals surface area contributed by atoms with Crippen LogP contribution in [0.3, 0.4) is 0 Å². The molecule has 1 aromatic rings. The maximum atomic E-state index is 14.0. The van der Waals surface area contributed by atoms with Gasteiger partial charge in [-0.25, -0.2) is 4.39 Å². The van der Waals surface area contributed by atoms with Crippen molar-refractivity contribution in [1.82, 2.24) is 4.90 Å². The molecule has 0 atom stereocenters. The molecule has 1 aromatic carbocycles. The first-order chi connectivity index (χ1) is 8.59. The number of carbonyl (C=O) groups is 1. The van der Waals surface area contributed by atoms with E-state index in [0.717, 1.165) is 0 Å². The molecule has 98 valence electrons. The number of halogens is 1. The highest BCUT2D eigenvalue weighted by molar-refractivity contribution is 5.94. The Morgan fingerprint density at radius 1 is 1.33 bits per heavy atom. The normalized spacial score (nSPS) is 15.6. The van der Waals surface area contributed by atoms with Crippen LogP contribution in [0.4, 0.5) is 10.1 Å². The molecule has 1 saturated heterocycles. The minimum atomic E-state index is -0.357. The molecule has 0 aliphatic carbocycles. The van der Waals surface area contributed by atoms with Crippen LogP contribution in [0.25, 0.3) is 0 Å². The monoisotopic (exact) mass is 252 g/mol. The maximum absolute atomic E-state index is 14.0. The highest BCUT2D eigenvalue weighted by atomic mass is 19.1. The van der Waals surface area contributed by atoms with Gasteiger partial charge >= 0.3 is 0 Å². The van der Waals surface area contributed by atoms with Crippen LogP contribution >= 0.6 is 0 Å². The molecule has 0 bridgehead atoms. The van der Waals surface area contributed by atoms with Gasteiger partial charge in [0.2, 0.25) is 0 Å². The van der Waals surface area contributed by atoms with Crippen molar-refractivity contribution in [3.8, 4) is 0 Å². The highest BCUT2D eigenvalue weighted by Crippen LogP contribution is 2.22. The van der Waals surface area contributed by atoms with Crippen molar-refractivity contribution >= 4 is 11.6 Å². The number of carbonyl (C=O) groups excluding carboxylic acids is 1. The minimum absolute atomic E-state index is 0.192. The molecule has 0 N–H and O–H groups in total. The molecule has 0 radical (unpaired) electrons. The number of morpholine rings is 1. The van der Waals surface area contributed by atoms with Crippen LogP contribution in [0.1, 0.15) is 10.4 Å². The highest BCUT2D eigenvalue weighted by Gasteiger charge is 2.17. The van der Waals surface area contributed by atoms with Gasteiger partial charge in [0.1, 0.15) is 5.82 Å². The quantitative estimate of drug-likeness (QED) is 0.797. The van der Waals surface area contributed by atoms with Crippen molar-refractivity contribution < 1.29 is 13.9 Å². The van der Waals surface area contributed by atoms with Crippen molar-refractivity contribution in [3.05, 3.63) is 29.6 Å². The van der Waals surface area contributed by atoms with E-state index in [1.807, 2.05) is 4.90 Å². The Kier molecular flexibility index (Phi) is 3.81. The lowest BCUT2D eigenvalue weighted by molar-refractivity contribution is 0.0827. The summed E-state index contributed by atoms with van der Waals surface area (Å²) in [5, 5.41) is 0. The molecule has 1 heterocycles. The summed E-state index contributed by atoms with van der Waals surface area (Å²) in [7, 11) is 3.30. The third kappa shape index (κ3) is 2.61. The van der Waals surface area contributed by atoms with Gasteiger partial charge in [-0.3, -0.25) is 4.79 Å². The van der Waals surface area contributed by atoms with Crippen molar-refractivity contribution in [2.24, 2.45) is 0 Å². The Labute approximate surface area is 106 Å². The van der Waals surface area contributed by atoms with Gasteiger partial charge in [0, 0.05) is 32.7 Å². The molecule has 0 saturated carbocycles. The summed E-state index contributed by atoms with van der Waals surface area (Å²) >= 11 is 0. The molecule has 0 unspecified atom stereocenters. The van der Waals surface area contributed by atoms with Crippen LogP contribution in [0, 0.1) is 5.82 Å². The molecule has 1 amide bonds. The third-order valence-corrected chi connectivity index (χ3v) is 2.95. The first kappa shape index (κ1) is 12.8. The second-order valence-corrected chi connectivity index (χ2v) is 4.47. The van der Waals surface area contributed by atoms with Gasteiger partial charge in [0.25, 0.3) is 5.91 Å². The van der Waals surface area contributed by atoms with Gasteiger partial charge in [-0.1, -0.05) is 0 Å². The molecule has 5 heteroatoms. The number of hydrogen-bond acceptors (Lipinski definition) is 3. The first-order valence-corrected chi connectivity index (χ1v) is 5.93. The molecule has 2 rings (SSSR count). The van der Waals surface area contributed by atoms with Crippen molar-refractivity contribution in [2.45, 2.75) is 0 Å². The predicted octanol–water partition coefficient (Wildman–Crippen LogP) is 1.36. The number of amides is 1. The van der Waals surface area contributed by atoms with E-state index in [4.69, 9.17) is 4.74 Å². The molecule has 18 heavy (non-hydrogen) atoms. The lowest BCUT2D eigenvalue weighted by Crippen LogP contribution is -2.36. The second-order valence-electron chi connectivity index (χ2n) is 4.47. The van der Waals surface area contributed by atoms with E-state index in [0.29, 0.717) is 37.6 Å². The predicted molar refractivity (Wildman–Crippen MR) is 67.4 cm³/mol. The number of rotatable bonds is 2. The van der Waals surface area contributed by atoms with Crippen molar-refractivity contribution in [3.63, 3.8) is 0 Å². The van der Waals surface area contributed by atoms with Crippen molar-refractivity contribution in [2.75, 3.05) is 45.3 Å². The Morgan fingerprint density at radius 2 is 2.00 bits per heavy atom. The van der Waals surface area contributed by atoms with Gasteiger partial charge in [0.05, 0.1) is 18.9 Å². The van der Waals surface area contributed by atoms with Gasteiger partial charge in [-0.15, -0.1) is 0 Å². The topological polar surface area (TPSA) is 32.8 Å². The molecule has 1 aliphatic rings. The Bertz CT molecular complexity index is 443. The zero-order valence-electron chi connectivity index (χ0n) is 10.6. The Balaban J connectivity index is 2.21. The van der Waals surface area contributed by atoms with Crippen LogP contribution in [-0.2, 0) is 4.74 Å². The molecule has 4 nitrogen and oxygen atoms in total. The first-order valence-electron chi connectivity index (χ1n) is 5.93. The third-order valence-electron chi connectivity index (χ3n) is 2.95. The summed E-state index contributed by atoms with van der Waals surface area (Å²) in [4.78, 5) is 15.1. The SMILES string of the molecule is CN(C)C(=O)c1ccc(N2CCOCC2)c(F)c1. The van der Waals surface area contributed by atoms with Crippen molar-refractivity contribution in [1.29, 1.82) is 0 Å². The lowest BCUT2D eigenvalue weighted by atomic mass is 10.1. The zero-order chi connectivity index (χ0) is 13.1. The summed E-state index contributed by atoms with van der Waals surface area (Å²) < 4.78 is 19.2. The molecule has 1 fully saturated rings. The molecular formula is C13H17FN2O2. The average molecular weight is 252 g/mol. The van der Waals surface area contributed by atoms with E-state index in [2.05, 4.69) is 0 Å². The van der Waals surface area contributed by atoms with Gasteiger partial charge in [-0.05, 0) is 18.2 Å². The summed E-state index contributed by atoms with van der Waals surface area (Å²) in [6.07, 6.45) is 0. The van der Waals surface area contributed by atoms with Gasteiger partial charge in [0.15, 0.2) is 0 Å². The smallest absolute Gasteiger partial charge is 0.253 e. The van der Waals surface area contributed by atoms with E-state index in [1.54, 1.807) is 26.2 Å². The maximum Gasteiger partial charge on any atom is 0.253 e. The number of hydrogen-bond donors (Lipinski definition) is 0. The summed E-state index contributed by atoms with van der Waals surface area (Å²) in [6.45, 7) is 2.57. The standard InChI is InChI=1S/C13H17FN2O2/c1-15(2)13(17)10-3-4-12(11(14)9-10)16-5-7-18-8-6-16/h3-4,9H,5-8H2,1-2H3. The minimum Gasteiger partial charge on any atom is -0.378 e. The largest absolute Gasteiger partial charge is 0.378 e. The molecule has 0 spiro atoms. The van der Waals surface area contributed by atoms with Crippen LogP contribution in [0.2, 0.25) is 0 Å². The average Bonchev–Trinajstić information content (AvgIpc) is 2.38. The van der Waals surface area contributed by atoms with E-state index >= 15 is 0 Å². The second kappa shape index (κ2) is 5.35. The fourth-order valence-electron chi connectivity index (χ4n) is 1.96. The molecule has 0 aromatic heterocycles. The Morgan fingerprint density at radius 3 is 2.56 bits per heavy atom. The fourth-order valence-corrected chi connectivity index (χ4v) is 1.96. The summed E-state index contributed by atoms with van der Waals surface area (Å²) in [6, 6.07) is 4.63. The number of benzene rings is 1. The number of ether oxygens (including phenoxy) is 1. The number of nitrogens with zero attached hydrogens (tertiary/aromatic N) is 2. The fraction of sp³-hybridized carbons (Fsp3) is 0.462. The van der Waals surface area contributed by atoms with E-state index < -0.39 is 0 Å². The van der Waals surface area contributed by atoms with Crippen LogP contribution < -0.4 is 4.90 Å². The number of anilines is 1. The summed E-state index contributed by atoms with van der Waals surface area (Å²) in [5.74, 6) is -0.549. The zero-order valence-corrected chi connectivity index (χ0v) is 10.6. The van der Waals surface area contributed by atoms with E-state index in [-0.39, 0.29) is 11.7 Å². The van der Waals surface area contributed by atoms with Gasteiger partial charge < -0.3 is 14.5 Å². The Hall–Kier alpha value is -1.62. The van der Waals surface area contributed by atoms with Crippen LogP contribution in [0.5, 0.6) is 0 Å². The van der Waals surface area contributed by atoms with E-state index in [9.17, 15) is 9.18 Å². The summed E-state index contributed by atoms with van der Waals surface area (Å²) in [5.41, 5.74) is 0.906.